The number of nitriles is 1. The summed E-state index contributed by atoms with van der Waals surface area (Å²) in [4.78, 5) is 15.6. The molecular weight excluding hydrogens is 382 g/mol. The molecule has 0 bridgehead atoms. The Labute approximate surface area is 172 Å². The molecule has 0 aliphatic heterocycles. The summed E-state index contributed by atoms with van der Waals surface area (Å²) < 4.78 is 2.54. The highest BCUT2D eigenvalue weighted by Gasteiger charge is 2.09. The number of aromatic amines is 1. The number of nitrogens with one attached hydrogen (secondary N) is 2. The number of rotatable bonds is 4. The molecule has 4 rings (SSSR count). The van der Waals surface area contributed by atoms with Crippen LogP contribution in [0.3, 0.4) is 0 Å². The van der Waals surface area contributed by atoms with E-state index in [0.717, 1.165) is 16.6 Å². The molecule has 0 atom stereocenters. The molecule has 0 saturated heterocycles. The standard InChI is InChI=1S/C22H17N5OS/c23-12-15-7-10-20-19(11-15)26-22(29)27(20)13-14-5-8-16(9-6-14)21(28)25-18-4-2-1-3-17(18)24/h1-11H,13,24H2,(H,25,28)(H,26,29). The molecule has 7 heteroatoms. The fourth-order valence-electron chi connectivity index (χ4n) is 3.14. The third kappa shape index (κ3) is 3.74. The Bertz CT molecular complexity index is 1310. The number of H-pyrrole nitrogens is 1. The van der Waals surface area contributed by atoms with Crippen LogP contribution in [-0.2, 0) is 6.54 Å². The van der Waals surface area contributed by atoms with Crippen LogP contribution in [0.5, 0.6) is 0 Å². The molecule has 29 heavy (non-hydrogen) atoms. The van der Waals surface area contributed by atoms with Crippen molar-refractivity contribution in [1.29, 1.82) is 5.26 Å². The first-order valence-corrected chi connectivity index (χ1v) is 9.33. The van der Waals surface area contributed by atoms with Crippen LogP contribution in [0.1, 0.15) is 21.5 Å². The Balaban J connectivity index is 1.55. The summed E-state index contributed by atoms with van der Waals surface area (Å²) in [5.74, 6) is -0.220. The largest absolute Gasteiger partial charge is 0.397 e. The zero-order valence-electron chi connectivity index (χ0n) is 15.3. The van der Waals surface area contributed by atoms with Crippen molar-refractivity contribution >= 4 is 40.5 Å². The maximum absolute atomic E-state index is 12.5. The lowest BCUT2D eigenvalue weighted by atomic mass is 10.1. The molecule has 1 aromatic heterocycles. The highest BCUT2D eigenvalue weighted by atomic mass is 32.1. The molecule has 0 unspecified atom stereocenters. The van der Waals surface area contributed by atoms with E-state index >= 15 is 0 Å². The lowest BCUT2D eigenvalue weighted by Gasteiger charge is -2.09. The van der Waals surface area contributed by atoms with E-state index in [9.17, 15) is 4.79 Å². The normalized spacial score (nSPS) is 10.6. The van der Waals surface area contributed by atoms with Gasteiger partial charge in [-0.25, -0.2) is 0 Å². The minimum atomic E-state index is -0.220. The minimum Gasteiger partial charge on any atom is -0.397 e. The lowest BCUT2D eigenvalue weighted by molar-refractivity contribution is 0.102. The second kappa shape index (κ2) is 7.62. The van der Waals surface area contributed by atoms with Gasteiger partial charge in [-0.2, -0.15) is 5.26 Å². The number of fused-ring (bicyclic) bond motifs is 1. The molecule has 4 N–H and O–H groups in total. The first-order chi connectivity index (χ1) is 14.0. The van der Waals surface area contributed by atoms with E-state index < -0.39 is 0 Å². The second-order valence-electron chi connectivity index (χ2n) is 6.60. The van der Waals surface area contributed by atoms with Gasteiger partial charge in [-0.15, -0.1) is 0 Å². The van der Waals surface area contributed by atoms with Crippen molar-refractivity contribution in [2.24, 2.45) is 0 Å². The van der Waals surface area contributed by atoms with Gasteiger partial charge in [0.2, 0.25) is 0 Å². The number of imidazole rings is 1. The molecule has 0 fully saturated rings. The fourth-order valence-corrected chi connectivity index (χ4v) is 3.41. The summed E-state index contributed by atoms with van der Waals surface area (Å²) in [6.07, 6.45) is 0. The zero-order valence-corrected chi connectivity index (χ0v) is 16.2. The predicted octanol–water partition coefficient (Wildman–Crippen LogP) is 4.45. The van der Waals surface area contributed by atoms with Gasteiger partial charge in [-0.1, -0.05) is 24.3 Å². The van der Waals surface area contributed by atoms with E-state index in [1.807, 2.05) is 34.9 Å². The van der Waals surface area contributed by atoms with Gasteiger partial charge in [0.25, 0.3) is 5.91 Å². The van der Waals surface area contributed by atoms with Crippen LogP contribution in [0.2, 0.25) is 0 Å². The maximum Gasteiger partial charge on any atom is 0.255 e. The maximum atomic E-state index is 12.5. The SMILES string of the molecule is N#Cc1ccc2c(c1)[nH]c(=S)n2Cc1ccc(C(=O)Nc2ccccc2N)cc1. The van der Waals surface area contributed by atoms with Gasteiger partial charge in [0, 0.05) is 5.56 Å². The van der Waals surface area contributed by atoms with Crippen molar-refractivity contribution in [3.05, 3.63) is 88.2 Å². The van der Waals surface area contributed by atoms with Crippen molar-refractivity contribution in [3.63, 3.8) is 0 Å². The lowest BCUT2D eigenvalue weighted by Crippen LogP contribution is -2.13. The summed E-state index contributed by atoms with van der Waals surface area (Å²) in [5, 5.41) is 11.9. The van der Waals surface area contributed by atoms with Crippen molar-refractivity contribution in [2.45, 2.75) is 6.54 Å². The summed E-state index contributed by atoms with van der Waals surface area (Å²) >= 11 is 5.43. The molecule has 3 aromatic carbocycles. The Morgan fingerprint density at radius 3 is 2.62 bits per heavy atom. The number of carbonyl (C=O) groups excluding carboxylic acids is 1. The first kappa shape index (κ1) is 18.5. The van der Waals surface area contributed by atoms with E-state index in [4.69, 9.17) is 23.2 Å². The van der Waals surface area contributed by atoms with Gasteiger partial charge >= 0.3 is 0 Å². The van der Waals surface area contributed by atoms with Crippen molar-refractivity contribution in [1.82, 2.24) is 9.55 Å². The Morgan fingerprint density at radius 1 is 1.14 bits per heavy atom. The van der Waals surface area contributed by atoms with Crippen LogP contribution >= 0.6 is 12.2 Å². The van der Waals surface area contributed by atoms with Gasteiger partial charge in [0.15, 0.2) is 4.77 Å². The summed E-state index contributed by atoms with van der Waals surface area (Å²) in [6.45, 7) is 0.554. The Hall–Kier alpha value is -3.89. The average Bonchev–Trinajstić information content (AvgIpc) is 3.04. The number of carbonyl (C=O) groups is 1. The van der Waals surface area contributed by atoms with E-state index in [1.54, 1.807) is 36.4 Å². The predicted molar refractivity (Wildman–Crippen MR) is 116 cm³/mol. The Morgan fingerprint density at radius 2 is 1.90 bits per heavy atom. The van der Waals surface area contributed by atoms with Gasteiger partial charge in [-0.3, -0.25) is 4.79 Å². The van der Waals surface area contributed by atoms with E-state index in [-0.39, 0.29) is 5.91 Å². The quantitative estimate of drug-likeness (QED) is 0.349. The molecule has 142 valence electrons. The molecule has 0 aliphatic rings. The van der Waals surface area contributed by atoms with E-state index in [0.29, 0.717) is 33.8 Å². The molecule has 1 heterocycles. The topological polar surface area (TPSA) is 99.6 Å². The molecule has 6 nitrogen and oxygen atoms in total. The van der Waals surface area contributed by atoms with Crippen LogP contribution in [0.4, 0.5) is 11.4 Å². The number of nitrogen functional groups attached to an aromatic ring is 1. The minimum absolute atomic E-state index is 0.220. The van der Waals surface area contributed by atoms with Crippen molar-refractivity contribution < 1.29 is 4.79 Å². The molecule has 0 radical (unpaired) electrons. The summed E-state index contributed by atoms with van der Waals surface area (Å²) in [7, 11) is 0. The van der Waals surface area contributed by atoms with Gasteiger partial charge in [-0.05, 0) is 60.2 Å². The second-order valence-corrected chi connectivity index (χ2v) is 6.99. The number of aromatic nitrogens is 2. The third-order valence-corrected chi connectivity index (χ3v) is 4.99. The van der Waals surface area contributed by atoms with Crippen LogP contribution in [0.25, 0.3) is 11.0 Å². The van der Waals surface area contributed by atoms with Crippen molar-refractivity contribution in [3.8, 4) is 6.07 Å². The average molecular weight is 399 g/mol. The third-order valence-electron chi connectivity index (χ3n) is 4.67. The van der Waals surface area contributed by atoms with Gasteiger partial charge in [0.05, 0.1) is 40.6 Å². The number of nitrogens with zero attached hydrogens (tertiary/aromatic N) is 2. The van der Waals surface area contributed by atoms with Crippen LogP contribution in [0.15, 0.2) is 66.7 Å². The summed E-state index contributed by atoms with van der Waals surface area (Å²) in [6, 6.07) is 22.0. The number of hydrogen-bond donors (Lipinski definition) is 3. The monoisotopic (exact) mass is 399 g/mol. The number of anilines is 2. The van der Waals surface area contributed by atoms with Crippen LogP contribution in [0, 0.1) is 16.1 Å². The molecular formula is C22H17N5OS. The van der Waals surface area contributed by atoms with Gasteiger partial charge in [0.1, 0.15) is 0 Å². The van der Waals surface area contributed by atoms with Crippen molar-refractivity contribution in [2.75, 3.05) is 11.1 Å². The highest BCUT2D eigenvalue weighted by Crippen LogP contribution is 2.20. The van der Waals surface area contributed by atoms with E-state index in [2.05, 4.69) is 16.4 Å². The van der Waals surface area contributed by atoms with E-state index in [1.165, 1.54) is 0 Å². The molecule has 0 spiro atoms. The molecule has 4 aromatic rings. The number of benzene rings is 3. The van der Waals surface area contributed by atoms with Crippen LogP contribution in [-0.4, -0.2) is 15.5 Å². The highest BCUT2D eigenvalue weighted by molar-refractivity contribution is 7.71. The molecule has 0 saturated carbocycles. The number of amides is 1. The Kier molecular flexibility index (Phi) is 4.85. The fraction of sp³-hybridized carbons (Fsp3) is 0.0455. The van der Waals surface area contributed by atoms with Crippen LogP contribution < -0.4 is 11.1 Å². The number of para-hydroxylation sites is 2. The molecule has 0 aliphatic carbocycles. The number of hydrogen-bond acceptors (Lipinski definition) is 4. The summed E-state index contributed by atoms with van der Waals surface area (Å²) in [5.41, 5.74) is 10.9. The number of nitrogens with two attached hydrogens (primary N) is 1. The van der Waals surface area contributed by atoms with Gasteiger partial charge < -0.3 is 20.6 Å². The molecule has 1 amide bonds. The zero-order chi connectivity index (χ0) is 20.4. The first-order valence-electron chi connectivity index (χ1n) is 8.92. The smallest absolute Gasteiger partial charge is 0.255 e.